The van der Waals surface area contributed by atoms with Gasteiger partial charge in [0.05, 0.1) is 37.2 Å². The summed E-state index contributed by atoms with van der Waals surface area (Å²) in [6.07, 6.45) is 4.84. The van der Waals surface area contributed by atoms with Gasteiger partial charge < -0.3 is 9.47 Å². The number of fused-ring (bicyclic) bond motifs is 1. The average Bonchev–Trinajstić information content (AvgIpc) is 3.17. The molecule has 2 heterocycles. The van der Waals surface area contributed by atoms with Crippen molar-refractivity contribution in [2.45, 2.75) is 58.1 Å². The topological polar surface area (TPSA) is 74.7 Å². The SMILES string of the molecule is COC(=O)N1c2ccc(C3C=NN(CC4CCC4)C3)cc2N(C(=O)OC(C)C)C[C@@H]1C. The van der Waals surface area contributed by atoms with E-state index in [1.54, 1.807) is 9.80 Å². The number of carbonyl (C=O) groups excluding carboxylic acids is 2. The highest BCUT2D eigenvalue weighted by Crippen LogP contribution is 2.39. The Bertz CT molecular complexity index is 867. The molecule has 1 fully saturated rings. The number of ether oxygens (including phenoxy) is 2. The van der Waals surface area contributed by atoms with Crippen LogP contribution < -0.4 is 9.80 Å². The molecule has 3 aliphatic rings. The molecule has 2 atom stereocenters. The van der Waals surface area contributed by atoms with E-state index < -0.39 is 12.2 Å². The molecule has 1 saturated carbocycles. The van der Waals surface area contributed by atoms with Crippen molar-refractivity contribution < 1.29 is 19.1 Å². The summed E-state index contributed by atoms with van der Waals surface area (Å²) in [6, 6.07) is 5.66. The quantitative estimate of drug-likeness (QED) is 0.719. The smallest absolute Gasteiger partial charge is 0.414 e. The van der Waals surface area contributed by atoms with Gasteiger partial charge in [-0.1, -0.05) is 12.5 Å². The number of hydrogen-bond acceptors (Lipinski definition) is 6. The summed E-state index contributed by atoms with van der Waals surface area (Å²) in [6.45, 7) is 7.74. The van der Waals surface area contributed by atoms with Crippen molar-refractivity contribution in [3.63, 3.8) is 0 Å². The number of benzene rings is 1. The predicted octanol–water partition coefficient (Wildman–Crippen LogP) is 4.20. The van der Waals surface area contributed by atoms with Gasteiger partial charge >= 0.3 is 12.2 Å². The molecule has 2 amide bonds. The van der Waals surface area contributed by atoms with Crippen LogP contribution in [0.3, 0.4) is 0 Å². The van der Waals surface area contributed by atoms with E-state index in [0.717, 1.165) is 24.6 Å². The van der Waals surface area contributed by atoms with E-state index >= 15 is 0 Å². The number of methoxy groups -OCH3 is 1. The number of amides is 2. The molecule has 1 aromatic rings. The molecule has 0 bridgehead atoms. The van der Waals surface area contributed by atoms with Crippen LogP contribution in [0, 0.1) is 5.92 Å². The van der Waals surface area contributed by atoms with Crippen molar-refractivity contribution in [3.05, 3.63) is 23.8 Å². The lowest BCUT2D eigenvalue weighted by atomic mass is 9.85. The fourth-order valence-corrected chi connectivity index (χ4v) is 4.47. The Morgan fingerprint density at radius 1 is 1.16 bits per heavy atom. The molecular formula is C23H32N4O4. The van der Waals surface area contributed by atoms with E-state index in [2.05, 4.69) is 10.1 Å². The molecule has 4 rings (SSSR count). The normalized spacial score (nSPS) is 23.1. The first kappa shape index (κ1) is 21.5. The van der Waals surface area contributed by atoms with E-state index in [1.165, 1.54) is 26.4 Å². The van der Waals surface area contributed by atoms with Crippen LogP contribution in [0.5, 0.6) is 0 Å². The Morgan fingerprint density at radius 3 is 2.58 bits per heavy atom. The maximum Gasteiger partial charge on any atom is 0.414 e. The summed E-state index contributed by atoms with van der Waals surface area (Å²) >= 11 is 0. The largest absolute Gasteiger partial charge is 0.452 e. The number of nitrogens with zero attached hydrogens (tertiary/aromatic N) is 4. The number of rotatable bonds is 4. The average molecular weight is 429 g/mol. The van der Waals surface area contributed by atoms with Gasteiger partial charge in [0.15, 0.2) is 0 Å². The van der Waals surface area contributed by atoms with Gasteiger partial charge in [0.25, 0.3) is 0 Å². The number of carbonyl (C=O) groups is 2. The van der Waals surface area contributed by atoms with Gasteiger partial charge in [0.2, 0.25) is 0 Å². The molecule has 8 heteroatoms. The molecule has 31 heavy (non-hydrogen) atoms. The van der Waals surface area contributed by atoms with Gasteiger partial charge in [-0.15, -0.1) is 0 Å². The first-order chi connectivity index (χ1) is 14.9. The molecule has 0 spiro atoms. The van der Waals surface area contributed by atoms with Crippen LogP contribution in [0.15, 0.2) is 23.3 Å². The molecule has 1 aliphatic carbocycles. The molecule has 168 valence electrons. The Labute approximate surface area is 183 Å². The minimum atomic E-state index is -0.438. The Kier molecular flexibility index (Phi) is 6.07. The summed E-state index contributed by atoms with van der Waals surface area (Å²) in [5.74, 6) is 0.912. The van der Waals surface area contributed by atoms with Crippen LogP contribution in [-0.4, -0.2) is 62.3 Å². The first-order valence-corrected chi connectivity index (χ1v) is 11.2. The maximum atomic E-state index is 12.8. The number of anilines is 2. The van der Waals surface area contributed by atoms with Crippen molar-refractivity contribution in [2.75, 3.05) is 36.5 Å². The number of hydrazone groups is 1. The second kappa shape index (κ2) is 8.77. The van der Waals surface area contributed by atoms with Gasteiger partial charge in [-0.2, -0.15) is 5.10 Å². The fourth-order valence-electron chi connectivity index (χ4n) is 4.47. The molecule has 0 N–H and O–H groups in total. The molecule has 1 aromatic carbocycles. The standard InChI is InChI=1S/C23H32N4O4/c1-15(2)31-22(28)26-12-16(3)27(23(29)30-4)20-9-8-18(10-21(20)26)19-11-24-25(14-19)13-17-6-5-7-17/h8-11,15-17,19H,5-7,12-14H2,1-4H3/t16-,19?/m0/s1. The van der Waals surface area contributed by atoms with E-state index in [-0.39, 0.29) is 18.1 Å². The molecular weight excluding hydrogens is 396 g/mol. The molecule has 0 radical (unpaired) electrons. The Morgan fingerprint density at radius 2 is 1.94 bits per heavy atom. The van der Waals surface area contributed by atoms with Crippen LogP contribution in [0.1, 0.15) is 51.5 Å². The van der Waals surface area contributed by atoms with Crippen LogP contribution in [0.2, 0.25) is 0 Å². The third kappa shape index (κ3) is 4.34. The summed E-state index contributed by atoms with van der Waals surface area (Å²) in [7, 11) is 1.37. The number of hydrogen-bond donors (Lipinski definition) is 0. The van der Waals surface area contributed by atoms with E-state index in [4.69, 9.17) is 9.47 Å². The zero-order valence-electron chi connectivity index (χ0n) is 18.8. The van der Waals surface area contributed by atoms with Crippen molar-refractivity contribution >= 4 is 29.8 Å². The lowest BCUT2D eigenvalue weighted by Crippen LogP contribution is -2.52. The highest BCUT2D eigenvalue weighted by atomic mass is 16.6. The Balaban J connectivity index is 1.61. The third-order valence-electron chi connectivity index (χ3n) is 6.30. The van der Waals surface area contributed by atoms with Gasteiger partial charge in [-0.05, 0) is 57.2 Å². The second-order valence-electron chi connectivity index (χ2n) is 9.02. The molecule has 8 nitrogen and oxygen atoms in total. The van der Waals surface area contributed by atoms with Crippen LogP contribution in [0.4, 0.5) is 21.0 Å². The van der Waals surface area contributed by atoms with Crippen LogP contribution in [0.25, 0.3) is 0 Å². The molecule has 2 aliphatic heterocycles. The van der Waals surface area contributed by atoms with Gasteiger partial charge in [-0.25, -0.2) is 9.59 Å². The summed E-state index contributed by atoms with van der Waals surface area (Å²) < 4.78 is 10.5. The van der Waals surface area contributed by atoms with Crippen LogP contribution >= 0.6 is 0 Å². The maximum absolute atomic E-state index is 12.8. The van der Waals surface area contributed by atoms with Gasteiger partial charge in [0, 0.05) is 25.2 Å². The lowest BCUT2D eigenvalue weighted by Gasteiger charge is -2.40. The van der Waals surface area contributed by atoms with Gasteiger partial charge in [-0.3, -0.25) is 14.8 Å². The second-order valence-corrected chi connectivity index (χ2v) is 9.02. The third-order valence-corrected chi connectivity index (χ3v) is 6.30. The zero-order chi connectivity index (χ0) is 22.1. The minimum absolute atomic E-state index is 0.152. The summed E-state index contributed by atoms with van der Waals surface area (Å²) in [4.78, 5) is 28.5. The summed E-state index contributed by atoms with van der Waals surface area (Å²) in [5, 5.41) is 6.76. The zero-order valence-corrected chi connectivity index (χ0v) is 18.8. The monoisotopic (exact) mass is 428 g/mol. The van der Waals surface area contributed by atoms with Crippen molar-refractivity contribution in [1.82, 2.24) is 5.01 Å². The first-order valence-electron chi connectivity index (χ1n) is 11.2. The predicted molar refractivity (Wildman–Crippen MR) is 120 cm³/mol. The van der Waals surface area contributed by atoms with Crippen molar-refractivity contribution in [3.8, 4) is 0 Å². The van der Waals surface area contributed by atoms with Crippen LogP contribution in [-0.2, 0) is 9.47 Å². The summed E-state index contributed by atoms with van der Waals surface area (Å²) in [5.41, 5.74) is 2.38. The van der Waals surface area contributed by atoms with E-state index in [9.17, 15) is 9.59 Å². The van der Waals surface area contributed by atoms with E-state index in [0.29, 0.717) is 17.9 Å². The van der Waals surface area contributed by atoms with Crippen molar-refractivity contribution in [2.24, 2.45) is 11.0 Å². The highest BCUT2D eigenvalue weighted by Gasteiger charge is 2.37. The van der Waals surface area contributed by atoms with E-state index in [1.807, 2.05) is 45.2 Å². The highest BCUT2D eigenvalue weighted by molar-refractivity contribution is 6.01. The molecule has 1 unspecified atom stereocenters. The molecule has 0 saturated heterocycles. The fraction of sp³-hybridized carbons (Fsp3) is 0.609. The van der Waals surface area contributed by atoms with Crippen molar-refractivity contribution in [1.29, 1.82) is 0 Å². The Hall–Kier alpha value is -2.77. The lowest BCUT2D eigenvalue weighted by molar-refractivity contribution is 0.121. The minimum Gasteiger partial charge on any atom is -0.452 e. The van der Waals surface area contributed by atoms with Gasteiger partial charge in [0.1, 0.15) is 0 Å². The molecule has 0 aromatic heterocycles.